The molecule has 1 aliphatic rings. The van der Waals surface area contributed by atoms with Gasteiger partial charge in [0.05, 0.1) is 4.90 Å². The number of aryl methyl sites for hydroxylation is 3. The second-order valence-corrected chi connectivity index (χ2v) is 9.59. The standard InChI is InChI=1S/C22H27N3O4S/c1-16-6-8-20(9-7-16)30(28,29)25(22(27)24-10-4-5-11-24)15-21(26)23-19-13-17(2)12-18(3)14-19/h6-9,12-14H,4-5,10-11,15H2,1-3H3,(H,23,26). The normalized spacial score (nSPS) is 13.9. The number of sulfonamides is 1. The first kappa shape index (κ1) is 21.8. The van der Waals surface area contributed by atoms with Crippen LogP contribution in [0, 0.1) is 20.8 Å². The van der Waals surface area contributed by atoms with E-state index in [1.807, 2.05) is 26.8 Å². The summed E-state index contributed by atoms with van der Waals surface area (Å²) in [5.41, 5.74) is 3.42. The lowest BCUT2D eigenvalue weighted by Gasteiger charge is -2.27. The number of hydrogen-bond acceptors (Lipinski definition) is 4. The van der Waals surface area contributed by atoms with Crippen molar-refractivity contribution in [2.24, 2.45) is 0 Å². The first-order valence-electron chi connectivity index (χ1n) is 9.93. The average Bonchev–Trinajstić information content (AvgIpc) is 3.20. The second-order valence-electron chi connectivity index (χ2n) is 7.73. The number of benzene rings is 2. The van der Waals surface area contributed by atoms with E-state index in [1.165, 1.54) is 17.0 Å². The van der Waals surface area contributed by atoms with E-state index in [0.717, 1.165) is 29.5 Å². The monoisotopic (exact) mass is 429 g/mol. The fourth-order valence-electron chi connectivity index (χ4n) is 3.54. The van der Waals surface area contributed by atoms with Crippen LogP contribution in [0.4, 0.5) is 10.5 Å². The fraction of sp³-hybridized carbons (Fsp3) is 0.364. The van der Waals surface area contributed by atoms with Crippen LogP contribution in [-0.4, -0.2) is 49.2 Å². The van der Waals surface area contributed by atoms with Gasteiger partial charge in [0.2, 0.25) is 5.91 Å². The van der Waals surface area contributed by atoms with E-state index in [2.05, 4.69) is 5.32 Å². The summed E-state index contributed by atoms with van der Waals surface area (Å²) in [6, 6.07) is 11.2. The Morgan fingerprint density at radius 3 is 2.07 bits per heavy atom. The molecule has 3 rings (SSSR count). The molecule has 2 aromatic carbocycles. The topological polar surface area (TPSA) is 86.8 Å². The Morgan fingerprint density at radius 2 is 1.50 bits per heavy atom. The van der Waals surface area contributed by atoms with Crippen molar-refractivity contribution in [3.05, 3.63) is 59.2 Å². The van der Waals surface area contributed by atoms with Crippen molar-refractivity contribution in [2.45, 2.75) is 38.5 Å². The van der Waals surface area contributed by atoms with Crippen LogP contribution in [-0.2, 0) is 14.8 Å². The van der Waals surface area contributed by atoms with Crippen LogP contribution in [0.2, 0.25) is 0 Å². The Balaban J connectivity index is 1.88. The number of amides is 3. The second kappa shape index (κ2) is 8.87. The van der Waals surface area contributed by atoms with E-state index in [-0.39, 0.29) is 4.90 Å². The summed E-state index contributed by atoms with van der Waals surface area (Å²) in [5.74, 6) is -0.566. The molecule has 1 N–H and O–H groups in total. The highest BCUT2D eigenvalue weighted by Gasteiger charge is 2.35. The lowest BCUT2D eigenvalue weighted by Crippen LogP contribution is -2.48. The molecule has 1 fully saturated rings. The molecule has 2 aromatic rings. The van der Waals surface area contributed by atoms with Gasteiger partial charge in [-0.2, -0.15) is 0 Å². The third-order valence-electron chi connectivity index (χ3n) is 4.99. The minimum atomic E-state index is -4.18. The number of carbonyl (C=O) groups excluding carboxylic acids is 2. The minimum absolute atomic E-state index is 0.0140. The number of rotatable bonds is 5. The highest BCUT2D eigenvalue weighted by molar-refractivity contribution is 7.89. The largest absolute Gasteiger partial charge is 0.334 e. The van der Waals surface area contributed by atoms with E-state index in [4.69, 9.17) is 0 Å². The molecule has 1 heterocycles. The van der Waals surface area contributed by atoms with Crippen molar-refractivity contribution in [1.82, 2.24) is 9.21 Å². The van der Waals surface area contributed by atoms with Gasteiger partial charge in [0.25, 0.3) is 10.0 Å². The molecule has 0 atom stereocenters. The van der Waals surface area contributed by atoms with Gasteiger partial charge >= 0.3 is 6.03 Å². The predicted octanol–water partition coefficient (Wildman–Crippen LogP) is 3.46. The fourth-order valence-corrected chi connectivity index (χ4v) is 4.88. The number of nitrogens with one attached hydrogen (secondary N) is 1. The van der Waals surface area contributed by atoms with Gasteiger partial charge in [0, 0.05) is 18.8 Å². The Bertz CT molecular complexity index is 1020. The van der Waals surface area contributed by atoms with Gasteiger partial charge < -0.3 is 10.2 Å². The maximum absolute atomic E-state index is 13.2. The van der Waals surface area contributed by atoms with Gasteiger partial charge in [-0.1, -0.05) is 23.8 Å². The molecule has 0 bridgehead atoms. The Morgan fingerprint density at radius 1 is 0.933 bits per heavy atom. The van der Waals surface area contributed by atoms with E-state index < -0.39 is 28.5 Å². The molecule has 0 unspecified atom stereocenters. The number of carbonyl (C=O) groups is 2. The summed E-state index contributed by atoms with van der Waals surface area (Å²) in [6.07, 6.45) is 1.64. The summed E-state index contributed by atoms with van der Waals surface area (Å²) in [4.78, 5) is 27.2. The molecule has 1 aliphatic heterocycles. The van der Waals surface area contributed by atoms with Crippen LogP contribution in [0.1, 0.15) is 29.5 Å². The molecule has 7 nitrogen and oxygen atoms in total. The maximum atomic E-state index is 13.2. The zero-order chi connectivity index (χ0) is 21.9. The van der Waals surface area contributed by atoms with Gasteiger partial charge in [-0.3, -0.25) is 4.79 Å². The highest BCUT2D eigenvalue weighted by Crippen LogP contribution is 2.21. The molecular formula is C22H27N3O4S. The molecule has 30 heavy (non-hydrogen) atoms. The minimum Gasteiger partial charge on any atom is -0.324 e. The molecule has 0 spiro atoms. The molecule has 1 saturated heterocycles. The van der Waals surface area contributed by atoms with Crippen molar-refractivity contribution in [3.8, 4) is 0 Å². The first-order chi connectivity index (χ1) is 14.2. The summed E-state index contributed by atoms with van der Waals surface area (Å²) in [7, 11) is -4.18. The molecular weight excluding hydrogens is 402 g/mol. The van der Waals surface area contributed by atoms with Gasteiger partial charge in [0.15, 0.2) is 0 Å². The third kappa shape index (κ3) is 4.99. The summed E-state index contributed by atoms with van der Waals surface area (Å²) < 4.78 is 27.2. The number of urea groups is 1. The van der Waals surface area contributed by atoms with Crippen LogP contribution in [0.15, 0.2) is 47.4 Å². The highest BCUT2D eigenvalue weighted by atomic mass is 32.2. The van der Waals surface area contributed by atoms with Crippen LogP contribution < -0.4 is 5.32 Å². The Hall–Kier alpha value is -2.87. The summed E-state index contributed by atoms with van der Waals surface area (Å²) >= 11 is 0. The number of hydrogen-bond donors (Lipinski definition) is 1. The molecule has 160 valence electrons. The Labute approximate surface area is 177 Å². The molecule has 3 amide bonds. The lowest BCUT2D eigenvalue weighted by atomic mass is 10.1. The van der Waals surface area contributed by atoms with E-state index in [1.54, 1.807) is 24.3 Å². The van der Waals surface area contributed by atoms with Gasteiger partial charge in [-0.15, -0.1) is 0 Å². The van der Waals surface area contributed by atoms with E-state index in [9.17, 15) is 18.0 Å². The maximum Gasteiger partial charge on any atom is 0.334 e. The van der Waals surface area contributed by atoms with Crippen molar-refractivity contribution in [1.29, 1.82) is 0 Å². The number of nitrogens with zero attached hydrogens (tertiary/aromatic N) is 2. The van der Waals surface area contributed by atoms with Gasteiger partial charge in [-0.05, 0) is 69.0 Å². The van der Waals surface area contributed by atoms with Gasteiger partial charge in [0.1, 0.15) is 6.54 Å². The quantitative estimate of drug-likeness (QED) is 0.789. The number of likely N-dealkylation sites (tertiary alicyclic amines) is 1. The summed E-state index contributed by atoms with van der Waals surface area (Å²) in [6.45, 7) is 6.05. The number of anilines is 1. The van der Waals surface area contributed by atoms with Crippen molar-refractivity contribution in [2.75, 3.05) is 25.0 Å². The van der Waals surface area contributed by atoms with E-state index in [0.29, 0.717) is 23.1 Å². The first-order valence-corrected chi connectivity index (χ1v) is 11.4. The zero-order valence-electron chi connectivity index (χ0n) is 17.5. The van der Waals surface area contributed by atoms with Crippen molar-refractivity contribution in [3.63, 3.8) is 0 Å². The Kier molecular flexibility index (Phi) is 6.45. The predicted molar refractivity (Wildman–Crippen MR) is 116 cm³/mol. The van der Waals surface area contributed by atoms with Gasteiger partial charge in [-0.25, -0.2) is 17.5 Å². The smallest absolute Gasteiger partial charge is 0.324 e. The average molecular weight is 430 g/mol. The SMILES string of the molecule is Cc1ccc(S(=O)(=O)N(CC(=O)Nc2cc(C)cc(C)c2)C(=O)N2CCCC2)cc1. The molecule has 0 aromatic heterocycles. The van der Waals surface area contributed by atoms with Crippen LogP contribution >= 0.6 is 0 Å². The summed E-state index contributed by atoms with van der Waals surface area (Å²) in [5, 5.41) is 2.72. The molecule has 0 radical (unpaired) electrons. The third-order valence-corrected chi connectivity index (χ3v) is 6.73. The van der Waals surface area contributed by atoms with Crippen LogP contribution in [0.3, 0.4) is 0 Å². The molecule has 0 aliphatic carbocycles. The molecule has 8 heteroatoms. The van der Waals surface area contributed by atoms with E-state index >= 15 is 0 Å². The zero-order valence-corrected chi connectivity index (χ0v) is 18.3. The molecule has 0 saturated carbocycles. The van der Waals surface area contributed by atoms with Crippen molar-refractivity contribution < 1.29 is 18.0 Å². The van der Waals surface area contributed by atoms with Crippen LogP contribution in [0.25, 0.3) is 0 Å². The lowest BCUT2D eigenvalue weighted by molar-refractivity contribution is -0.116. The van der Waals surface area contributed by atoms with Crippen LogP contribution in [0.5, 0.6) is 0 Å². The van der Waals surface area contributed by atoms with Crippen molar-refractivity contribution >= 4 is 27.6 Å².